The lowest BCUT2D eigenvalue weighted by molar-refractivity contribution is -0.149. The zero-order valence-corrected chi connectivity index (χ0v) is 12.7. The van der Waals surface area contributed by atoms with Crippen LogP contribution < -0.4 is 5.32 Å². The number of carbonyl (C=O) groups is 2. The number of urea groups is 1. The Balaban J connectivity index is 1.74. The van der Waals surface area contributed by atoms with E-state index in [1.807, 2.05) is 4.90 Å². The number of nitrogens with one attached hydrogen (secondary N) is 1. The summed E-state index contributed by atoms with van der Waals surface area (Å²) in [6.45, 7) is 4.85. The molecule has 2 aliphatic heterocycles. The maximum absolute atomic E-state index is 12.2. The van der Waals surface area contributed by atoms with Crippen molar-refractivity contribution >= 4 is 12.0 Å². The summed E-state index contributed by atoms with van der Waals surface area (Å²) in [6.07, 6.45) is 1.30. The predicted molar refractivity (Wildman–Crippen MR) is 77.2 cm³/mol. The van der Waals surface area contributed by atoms with Gasteiger partial charge in [0.1, 0.15) is 0 Å². The van der Waals surface area contributed by atoms with E-state index in [2.05, 4.69) is 24.2 Å². The first-order chi connectivity index (χ1) is 10.0. The van der Waals surface area contributed by atoms with E-state index in [0.29, 0.717) is 25.4 Å². The average Bonchev–Trinajstić information content (AvgIpc) is 2.94. The minimum Gasteiger partial charge on any atom is -0.479 e. The Kier molecular flexibility index (Phi) is 5.41. The standard InChI is InChI=1S/C14H25N3O4/c1-3-10-9-17(7-6-16(10)2)14(20)15-8-11-4-5-12(21-11)13(18)19/h10-12H,3-9H2,1-2H3,(H,15,20)(H,18,19). The fourth-order valence-corrected chi connectivity index (χ4v) is 2.92. The molecule has 0 aromatic rings. The largest absolute Gasteiger partial charge is 0.479 e. The van der Waals surface area contributed by atoms with E-state index in [-0.39, 0.29) is 12.1 Å². The Morgan fingerprint density at radius 3 is 2.71 bits per heavy atom. The van der Waals surface area contributed by atoms with Gasteiger partial charge in [-0.25, -0.2) is 9.59 Å². The molecule has 0 saturated carbocycles. The Hall–Kier alpha value is -1.34. The molecule has 2 fully saturated rings. The molecule has 21 heavy (non-hydrogen) atoms. The molecule has 0 bridgehead atoms. The highest BCUT2D eigenvalue weighted by Crippen LogP contribution is 2.19. The van der Waals surface area contributed by atoms with Crippen molar-refractivity contribution in [1.29, 1.82) is 0 Å². The summed E-state index contributed by atoms with van der Waals surface area (Å²) in [5.74, 6) is -0.923. The van der Waals surface area contributed by atoms with Gasteiger partial charge in [0, 0.05) is 32.2 Å². The van der Waals surface area contributed by atoms with Crippen LogP contribution in [0.1, 0.15) is 26.2 Å². The number of likely N-dealkylation sites (N-methyl/N-ethyl adjacent to an activating group) is 1. The number of hydrogen-bond donors (Lipinski definition) is 2. The fraction of sp³-hybridized carbons (Fsp3) is 0.857. The summed E-state index contributed by atoms with van der Waals surface area (Å²) in [7, 11) is 2.09. The normalized spacial score (nSPS) is 30.4. The lowest BCUT2D eigenvalue weighted by Gasteiger charge is -2.39. The van der Waals surface area contributed by atoms with Crippen LogP contribution in [0.15, 0.2) is 0 Å². The van der Waals surface area contributed by atoms with Gasteiger partial charge in [0.25, 0.3) is 0 Å². The number of carbonyl (C=O) groups excluding carboxylic acids is 1. The number of piperazine rings is 1. The Labute approximate surface area is 125 Å². The van der Waals surface area contributed by atoms with Gasteiger partial charge in [-0.1, -0.05) is 6.92 Å². The third-order valence-corrected chi connectivity index (χ3v) is 4.40. The molecule has 2 aliphatic rings. The first kappa shape index (κ1) is 16.0. The van der Waals surface area contributed by atoms with Gasteiger partial charge in [-0.15, -0.1) is 0 Å². The summed E-state index contributed by atoms with van der Waals surface area (Å²) in [6, 6.07) is 0.326. The van der Waals surface area contributed by atoms with E-state index in [9.17, 15) is 9.59 Å². The van der Waals surface area contributed by atoms with E-state index in [4.69, 9.17) is 9.84 Å². The number of nitrogens with zero attached hydrogens (tertiary/aromatic N) is 2. The molecule has 7 heteroatoms. The number of carboxylic acid groups (broad SMARTS) is 1. The highest BCUT2D eigenvalue weighted by Gasteiger charge is 2.31. The number of ether oxygens (including phenoxy) is 1. The van der Waals surface area contributed by atoms with Crippen molar-refractivity contribution in [1.82, 2.24) is 15.1 Å². The van der Waals surface area contributed by atoms with Crippen LogP contribution in [0.4, 0.5) is 4.79 Å². The van der Waals surface area contributed by atoms with Gasteiger partial charge < -0.3 is 20.1 Å². The third-order valence-electron chi connectivity index (χ3n) is 4.40. The molecule has 3 unspecified atom stereocenters. The van der Waals surface area contributed by atoms with Gasteiger partial charge >= 0.3 is 12.0 Å². The highest BCUT2D eigenvalue weighted by molar-refractivity contribution is 5.74. The molecule has 0 aromatic heterocycles. The predicted octanol–water partition coefficient (Wildman–Crippen LogP) is 0.354. The van der Waals surface area contributed by atoms with Gasteiger partial charge in [-0.05, 0) is 26.3 Å². The smallest absolute Gasteiger partial charge is 0.332 e. The average molecular weight is 299 g/mol. The van der Waals surface area contributed by atoms with Crippen LogP contribution in [-0.4, -0.2) is 78.4 Å². The van der Waals surface area contributed by atoms with Crippen LogP contribution in [0.2, 0.25) is 0 Å². The second-order valence-electron chi connectivity index (χ2n) is 5.84. The number of aliphatic carboxylic acids is 1. The minimum atomic E-state index is -0.923. The van der Waals surface area contributed by atoms with Gasteiger partial charge in [0.05, 0.1) is 6.10 Å². The van der Waals surface area contributed by atoms with Crippen LogP contribution in [0, 0.1) is 0 Å². The lowest BCUT2D eigenvalue weighted by atomic mass is 10.1. The van der Waals surface area contributed by atoms with E-state index in [0.717, 1.165) is 26.1 Å². The molecule has 0 spiro atoms. The second kappa shape index (κ2) is 7.09. The van der Waals surface area contributed by atoms with E-state index >= 15 is 0 Å². The molecule has 0 aromatic carbocycles. The topological polar surface area (TPSA) is 82.1 Å². The van der Waals surface area contributed by atoms with Crippen LogP contribution in [-0.2, 0) is 9.53 Å². The maximum Gasteiger partial charge on any atom is 0.332 e. The molecule has 7 nitrogen and oxygen atoms in total. The zero-order valence-electron chi connectivity index (χ0n) is 12.7. The molecule has 3 atom stereocenters. The molecule has 0 aliphatic carbocycles. The number of hydrogen-bond acceptors (Lipinski definition) is 4. The van der Waals surface area contributed by atoms with Gasteiger partial charge in [0.15, 0.2) is 6.10 Å². The van der Waals surface area contributed by atoms with Crippen molar-refractivity contribution in [3.63, 3.8) is 0 Å². The molecule has 0 radical (unpaired) electrons. The third kappa shape index (κ3) is 4.07. The molecule has 2 amide bonds. The molecule has 2 rings (SSSR count). The fourth-order valence-electron chi connectivity index (χ4n) is 2.92. The first-order valence-electron chi connectivity index (χ1n) is 7.62. The number of rotatable bonds is 4. The van der Waals surface area contributed by atoms with Crippen molar-refractivity contribution in [3.8, 4) is 0 Å². The van der Waals surface area contributed by atoms with Gasteiger partial charge in [-0.2, -0.15) is 0 Å². The SMILES string of the molecule is CCC1CN(C(=O)NCC2CCC(C(=O)O)O2)CCN1C. The summed E-state index contributed by atoms with van der Waals surface area (Å²) >= 11 is 0. The Morgan fingerprint density at radius 2 is 2.10 bits per heavy atom. The van der Waals surface area contributed by atoms with Crippen LogP contribution >= 0.6 is 0 Å². The van der Waals surface area contributed by atoms with Crippen molar-refractivity contribution < 1.29 is 19.4 Å². The van der Waals surface area contributed by atoms with Crippen LogP contribution in [0.3, 0.4) is 0 Å². The second-order valence-corrected chi connectivity index (χ2v) is 5.84. The Bertz CT molecular complexity index is 390. The molecule has 2 saturated heterocycles. The van der Waals surface area contributed by atoms with Crippen LogP contribution in [0.25, 0.3) is 0 Å². The molecule has 120 valence electrons. The van der Waals surface area contributed by atoms with Crippen molar-refractivity contribution in [2.24, 2.45) is 0 Å². The van der Waals surface area contributed by atoms with E-state index in [1.54, 1.807) is 0 Å². The van der Waals surface area contributed by atoms with Crippen molar-refractivity contribution in [2.45, 2.75) is 44.4 Å². The summed E-state index contributed by atoms with van der Waals surface area (Å²) in [5.41, 5.74) is 0. The quantitative estimate of drug-likeness (QED) is 0.783. The molecular formula is C14H25N3O4. The first-order valence-corrected chi connectivity index (χ1v) is 7.62. The molecule has 2 heterocycles. The van der Waals surface area contributed by atoms with Gasteiger partial charge in [-0.3, -0.25) is 4.90 Å². The van der Waals surface area contributed by atoms with E-state index < -0.39 is 12.1 Å². The summed E-state index contributed by atoms with van der Waals surface area (Å²) in [5, 5.41) is 11.7. The minimum absolute atomic E-state index is 0.0797. The highest BCUT2D eigenvalue weighted by atomic mass is 16.5. The summed E-state index contributed by atoms with van der Waals surface area (Å²) < 4.78 is 5.38. The van der Waals surface area contributed by atoms with Crippen molar-refractivity contribution in [3.05, 3.63) is 0 Å². The Morgan fingerprint density at radius 1 is 1.33 bits per heavy atom. The maximum atomic E-state index is 12.2. The van der Waals surface area contributed by atoms with Gasteiger partial charge in [0.2, 0.25) is 0 Å². The van der Waals surface area contributed by atoms with E-state index in [1.165, 1.54) is 0 Å². The summed E-state index contributed by atoms with van der Waals surface area (Å²) in [4.78, 5) is 27.1. The van der Waals surface area contributed by atoms with Crippen molar-refractivity contribution in [2.75, 3.05) is 33.2 Å². The number of carboxylic acids is 1. The van der Waals surface area contributed by atoms with Crippen LogP contribution in [0.5, 0.6) is 0 Å². The molecular weight excluding hydrogens is 274 g/mol. The molecule has 2 N–H and O–H groups in total. The lowest BCUT2D eigenvalue weighted by Crippen LogP contribution is -2.55. The zero-order chi connectivity index (χ0) is 15.4. The monoisotopic (exact) mass is 299 g/mol. The number of amides is 2.